The third kappa shape index (κ3) is 4.97. The van der Waals surface area contributed by atoms with E-state index >= 15 is 0 Å². The van der Waals surface area contributed by atoms with Crippen LogP contribution in [-0.4, -0.2) is 66.4 Å². The maximum atomic E-state index is 12.9. The first kappa shape index (κ1) is 22.7. The topological polar surface area (TPSA) is 78.4 Å². The lowest BCUT2D eigenvalue weighted by Crippen LogP contribution is -2.50. The number of sulfonamides is 1. The summed E-state index contributed by atoms with van der Waals surface area (Å²) in [7, 11) is -3.59. The number of anilines is 1. The molecule has 31 heavy (non-hydrogen) atoms. The van der Waals surface area contributed by atoms with Gasteiger partial charge >= 0.3 is 0 Å². The number of nitrogens with one attached hydrogen (secondary N) is 1. The molecule has 1 atom stereocenters. The molecule has 7 nitrogen and oxygen atoms in total. The van der Waals surface area contributed by atoms with E-state index < -0.39 is 10.0 Å². The van der Waals surface area contributed by atoms with Crippen molar-refractivity contribution < 1.29 is 8.42 Å². The minimum Gasteiger partial charge on any atom is -0.365 e. The Morgan fingerprint density at radius 3 is 2.58 bits per heavy atom. The molecular formula is C20H23Cl2N5O2S2. The van der Waals surface area contributed by atoms with Gasteiger partial charge in [0.15, 0.2) is 0 Å². The van der Waals surface area contributed by atoms with Crippen molar-refractivity contribution in [3.63, 3.8) is 0 Å². The molecule has 2 aromatic heterocycles. The van der Waals surface area contributed by atoms with Crippen LogP contribution in [0.15, 0.2) is 35.5 Å². The molecule has 4 rings (SSSR count). The van der Waals surface area contributed by atoms with E-state index in [0.717, 1.165) is 22.6 Å². The van der Waals surface area contributed by atoms with Gasteiger partial charge in [-0.05, 0) is 38.1 Å². The standard InChI is InChI=1S/C20H23Cl2N5O2S2/c1-13(25-20-19-18(23-12-24-20)9-14(2)30-19)11-26-5-7-27(8-6-26)31(28,29)15-3-4-16(21)17(22)10-15/h3-4,9-10,12-13H,5-8,11H2,1-2H3,(H,23,24,25). The summed E-state index contributed by atoms with van der Waals surface area (Å²) in [5.41, 5.74) is 0.952. The molecular weight excluding hydrogens is 477 g/mol. The Hall–Kier alpha value is -1.49. The van der Waals surface area contributed by atoms with Gasteiger partial charge in [0.25, 0.3) is 0 Å². The summed E-state index contributed by atoms with van der Waals surface area (Å²) in [5.74, 6) is 0.844. The molecule has 1 unspecified atom stereocenters. The number of aromatic nitrogens is 2. The lowest BCUT2D eigenvalue weighted by atomic mass is 10.2. The smallest absolute Gasteiger partial charge is 0.243 e. The molecule has 166 valence electrons. The fraction of sp³-hybridized carbons (Fsp3) is 0.400. The number of fused-ring (bicyclic) bond motifs is 1. The third-order valence-corrected chi connectivity index (χ3v) is 8.89. The average molecular weight is 500 g/mol. The third-order valence-electron chi connectivity index (χ3n) is 5.21. The maximum absolute atomic E-state index is 12.9. The highest BCUT2D eigenvalue weighted by Gasteiger charge is 2.29. The van der Waals surface area contributed by atoms with Gasteiger partial charge in [0.05, 0.1) is 25.2 Å². The van der Waals surface area contributed by atoms with Gasteiger partial charge in [-0.25, -0.2) is 18.4 Å². The fourth-order valence-electron chi connectivity index (χ4n) is 3.68. The number of halogens is 2. The quantitative estimate of drug-likeness (QED) is 0.549. The van der Waals surface area contributed by atoms with Crippen LogP contribution in [0.5, 0.6) is 0 Å². The maximum Gasteiger partial charge on any atom is 0.243 e. The summed E-state index contributed by atoms with van der Waals surface area (Å²) >= 11 is 13.6. The van der Waals surface area contributed by atoms with E-state index in [1.807, 2.05) is 0 Å². The molecule has 0 amide bonds. The number of thiophene rings is 1. The van der Waals surface area contributed by atoms with Gasteiger partial charge in [-0.15, -0.1) is 11.3 Å². The molecule has 0 spiro atoms. The van der Waals surface area contributed by atoms with Gasteiger partial charge in [0, 0.05) is 43.6 Å². The Morgan fingerprint density at radius 1 is 1.13 bits per heavy atom. The lowest BCUT2D eigenvalue weighted by Gasteiger charge is -2.35. The molecule has 0 bridgehead atoms. The molecule has 1 saturated heterocycles. The van der Waals surface area contributed by atoms with E-state index in [2.05, 4.69) is 40.1 Å². The minimum absolute atomic E-state index is 0.152. The Bertz CT molecular complexity index is 1190. The second-order valence-electron chi connectivity index (χ2n) is 7.62. The van der Waals surface area contributed by atoms with Crippen molar-refractivity contribution in [3.8, 4) is 0 Å². The fourth-order valence-corrected chi connectivity index (χ4v) is 6.41. The summed E-state index contributed by atoms with van der Waals surface area (Å²) in [6, 6.07) is 6.63. The molecule has 0 saturated carbocycles. The van der Waals surface area contributed by atoms with Crippen molar-refractivity contribution in [1.29, 1.82) is 0 Å². The van der Waals surface area contributed by atoms with Crippen molar-refractivity contribution in [1.82, 2.24) is 19.2 Å². The first-order chi connectivity index (χ1) is 14.7. The second-order valence-corrected chi connectivity index (χ2v) is 11.6. The van der Waals surface area contributed by atoms with Gasteiger partial charge in [-0.2, -0.15) is 4.31 Å². The average Bonchev–Trinajstić information content (AvgIpc) is 3.11. The highest BCUT2D eigenvalue weighted by molar-refractivity contribution is 7.89. The summed E-state index contributed by atoms with van der Waals surface area (Å²) in [5, 5.41) is 4.06. The zero-order valence-electron chi connectivity index (χ0n) is 17.2. The van der Waals surface area contributed by atoms with Crippen LogP contribution in [0.3, 0.4) is 0 Å². The van der Waals surface area contributed by atoms with E-state index in [1.165, 1.54) is 27.4 Å². The minimum atomic E-state index is -3.59. The van der Waals surface area contributed by atoms with E-state index in [4.69, 9.17) is 23.2 Å². The molecule has 1 aliphatic heterocycles. The van der Waals surface area contributed by atoms with E-state index in [1.54, 1.807) is 17.7 Å². The number of benzene rings is 1. The number of rotatable bonds is 6. The van der Waals surface area contributed by atoms with Gasteiger partial charge in [-0.1, -0.05) is 23.2 Å². The van der Waals surface area contributed by atoms with Crippen molar-refractivity contribution >= 4 is 60.6 Å². The number of hydrogen-bond acceptors (Lipinski definition) is 7. The molecule has 0 aliphatic carbocycles. The largest absolute Gasteiger partial charge is 0.365 e. The number of aryl methyl sites for hydroxylation is 1. The summed E-state index contributed by atoms with van der Waals surface area (Å²) < 4.78 is 28.4. The summed E-state index contributed by atoms with van der Waals surface area (Å²) in [6.45, 7) is 7.12. The SMILES string of the molecule is Cc1cc2ncnc(NC(C)CN3CCN(S(=O)(=O)c4ccc(Cl)c(Cl)c4)CC3)c2s1. The highest BCUT2D eigenvalue weighted by Crippen LogP contribution is 2.29. The first-order valence-electron chi connectivity index (χ1n) is 9.89. The van der Waals surface area contributed by atoms with Crippen LogP contribution in [0.4, 0.5) is 5.82 Å². The molecule has 3 aromatic rings. The van der Waals surface area contributed by atoms with E-state index in [9.17, 15) is 8.42 Å². The Labute approximate surface area is 196 Å². The molecule has 3 heterocycles. The van der Waals surface area contributed by atoms with Gasteiger partial charge in [0.1, 0.15) is 12.1 Å². The summed E-state index contributed by atoms with van der Waals surface area (Å²) in [4.78, 5) is 12.4. The molecule has 1 fully saturated rings. The van der Waals surface area contributed by atoms with Gasteiger partial charge in [0.2, 0.25) is 10.0 Å². The molecule has 11 heteroatoms. The Kier molecular flexibility index (Phi) is 6.71. The van der Waals surface area contributed by atoms with Crippen LogP contribution < -0.4 is 5.32 Å². The molecule has 1 aliphatic rings. The predicted molar refractivity (Wildman–Crippen MR) is 127 cm³/mol. The molecule has 0 radical (unpaired) electrons. The second kappa shape index (κ2) is 9.17. The Morgan fingerprint density at radius 2 is 1.87 bits per heavy atom. The normalized spacial score (nSPS) is 17.2. The molecule has 1 N–H and O–H groups in total. The van der Waals surface area contributed by atoms with Gasteiger partial charge in [-0.3, -0.25) is 4.90 Å². The number of hydrogen-bond donors (Lipinski definition) is 1. The van der Waals surface area contributed by atoms with Crippen LogP contribution in [-0.2, 0) is 10.0 Å². The van der Waals surface area contributed by atoms with Crippen LogP contribution >= 0.6 is 34.5 Å². The molecule has 1 aromatic carbocycles. The monoisotopic (exact) mass is 499 g/mol. The van der Waals surface area contributed by atoms with Gasteiger partial charge < -0.3 is 5.32 Å². The van der Waals surface area contributed by atoms with Crippen LogP contribution in [0.1, 0.15) is 11.8 Å². The zero-order chi connectivity index (χ0) is 22.2. The van der Waals surface area contributed by atoms with Crippen molar-refractivity contribution in [2.75, 3.05) is 38.0 Å². The van der Waals surface area contributed by atoms with E-state index in [0.29, 0.717) is 31.2 Å². The van der Waals surface area contributed by atoms with Crippen molar-refractivity contribution in [2.45, 2.75) is 24.8 Å². The van der Waals surface area contributed by atoms with Crippen LogP contribution in [0, 0.1) is 6.92 Å². The Balaban J connectivity index is 1.36. The van der Waals surface area contributed by atoms with Crippen molar-refractivity contribution in [2.24, 2.45) is 0 Å². The van der Waals surface area contributed by atoms with E-state index in [-0.39, 0.29) is 16.0 Å². The van der Waals surface area contributed by atoms with Crippen molar-refractivity contribution in [3.05, 3.63) is 45.5 Å². The number of nitrogens with zero attached hydrogens (tertiary/aromatic N) is 4. The lowest BCUT2D eigenvalue weighted by molar-refractivity contribution is 0.184. The van der Waals surface area contributed by atoms with Crippen LogP contribution in [0.2, 0.25) is 10.0 Å². The predicted octanol–water partition coefficient (Wildman–Crippen LogP) is 4.11. The summed E-state index contributed by atoms with van der Waals surface area (Å²) in [6.07, 6.45) is 1.58. The first-order valence-corrected chi connectivity index (χ1v) is 12.9. The highest BCUT2D eigenvalue weighted by atomic mass is 35.5. The number of piperazine rings is 1. The zero-order valence-corrected chi connectivity index (χ0v) is 20.3. The van der Waals surface area contributed by atoms with Crippen LogP contribution in [0.25, 0.3) is 10.2 Å².